The number of hydrazine groups is 1. The van der Waals surface area contributed by atoms with Gasteiger partial charge in [-0.25, -0.2) is 20.2 Å². The zero-order valence-electron chi connectivity index (χ0n) is 34.6. The minimum atomic E-state index is -1.10. The molecule has 3 aliphatic rings. The minimum Gasteiger partial charge on any atom is -0.458 e. The maximum absolute atomic E-state index is 14.5. The summed E-state index contributed by atoms with van der Waals surface area (Å²) in [6, 6.07) is 3.08. The Kier molecular flexibility index (Phi) is 13.6. The van der Waals surface area contributed by atoms with Crippen LogP contribution in [0, 0.1) is 40.9 Å². The molecule has 3 fully saturated rings. The van der Waals surface area contributed by atoms with Crippen LogP contribution in [0.2, 0.25) is 0 Å². The molecule has 0 radical (unpaired) electrons. The fraction of sp³-hybridized carbons (Fsp3) is 0.714. The van der Waals surface area contributed by atoms with Gasteiger partial charge >= 0.3 is 12.1 Å². The second-order valence-corrected chi connectivity index (χ2v) is 17.2. The smallest absolute Gasteiger partial charge is 0.425 e. The zero-order valence-corrected chi connectivity index (χ0v) is 34.6. The lowest BCUT2D eigenvalue weighted by molar-refractivity contribution is -0.267. The molecule has 13 atom stereocenters. The van der Waals surface area contributed by atoms with Gasteiger partial charge in [-0.15, -0.1) is 0 Å². The molecule has 0 bridgehead atoms. The van der Waals surface area contributed by atoms with Crippen molar-refractivity contribution in [2.75, 3.05) is 6.54 Å². The van der Waals surface area contributed by atoms with Gasteiger partial charge in [-0.2, -0.15) is 0 Å². The highest BCUT2D eigenvalue weighted by molar-refractivity contribution is 6.00. The average Bonchev–Trinajstić information content (AvgIpc) is 3.78. The highest BCUT2D eigenvalue weighted by Crippen LogP contribution is 2.42. The van der Waals surface area contributed by atoms with E-state index in [4.69, 9.17) is 18.9 Å². The third-order valence-electron chi connectivity index (χ3n) is 12.4. The van der Waals surface area contributed by atoms with E-state index in [-0.39, 0.29) is 29.6 Å². The number of rotatable bonds is 9. The summed E-state index contributed by atoms with van der Waals surface area (Å²) in [5.41, 5.74) is 4.31. The Balaban J connectivity index is 1.39. The van der Waals surface area contributed by atoms with Gasteiger partial charge in [0.15, 0.2) is 18.2 Å². The number of nitrogens with zero attached hydrogens (tertiary/aromatic N) is 4. The first-order valence-electron chi connectivity index (χ1n) is 20.2. The monoisotopic (exact) mass is 765 g/mol. The lowest BCUT2D eigenvalue weighted by Gasteiger charge is -2.45. The van der Waals surface area contributed by atoms with Crippen LogP contribution in [0.1, 0.15) is 108 Å². The molecule has 2 aromatic rings. The first-order valence-corrected chi connectivity index (χ1v) is 20.2. The van der Waals surface area contributed by atoms with Crippen molar-refractivity contribution in [2.24, 2.45) is 40.9 Å². The molecule has 55 heavy (non-hydrogen) atoms. The number of fused-ring (bicyclic) bond motifs is 1. The fourth-order valence-electron chi connectivity index (χ4n) is 8.88. The van der Waals surface area contributed by atoms with Crippen LogP contribution in [0.15, 0.2) is 37.1 Å². The van der Waals surface area contributed by atoms with Crippen LogP contribution in [0.5, 0.6) is 0 Å². The SMILES string of the molecule is CC[C@H]1OC(=O)[C@H](C)C(=O)[C@H](C)[C@@H](OC2O[C@H](C)C[C@H](C)[C@H]2C)C(C)(C)C[C@@H](C)C(=O)[C@H](C)[C@@H]2C1OC(=O)N2NCCC(C)n1cnc(-c2cccnc2)c1. The topological polar surface area (TPSA) is 151 Å². The van der Waals surface area contributed by atoms with E-state index in [0.29, 0.717) is 31.7 Å². The molecule has 1 amide bonds. The summed E-state index contributed by atoms with van der Waals surface area (Å²) >= 11 is 0. The molecule has 2 aromatic heterocycles. The highest BCUT2D eigenvalue weighted by Gasteiger charge is 2.53. The maximum atomic E-state index is 14.5. The van der Waals surface area contributed by atoms with E-state index in [9.17, 15) is 19.2 Å². The Morgan fingerprint density at radius 3 is 2.42 bits per heavy atom. The summed E-state index contributed by atoms with van der Waals surface area (Å²) in [5, 5.41) is 1.40. The van der Waals surface area contributed by atoms with Gasteiger partial charge in [-0.05, 0) is 69.9 Å². The van der Waals surface area contributed by atoms with Crippen molar-refractivity contribution in [3.05, 3.63) is 37.1 Å². The van der Waals surface area contributed by atoms with Gasteiger partial charge in [-0.1, -0.05) is 55.4 Å². The van der Waals surface area contributed by atoms with E-state index < -0.39 is 71.8 Å². The van der Waals surface area contributed by atoms with Gasteiger partial charge in [-0.3, -0.25) is 19.4 Å². The van der Waals surface area contributed by atoms with Crippen LogP contribution in [-0.2, 0) is 33.3 Å². The van der Waals surface area contributed by atoms with Gasteiger partial charge in [0.25, 0.3) is 0 Å². The van der Waals surface area contributed by atoms with Crippen LogP contribution in [-0.4, -0.2) is 86.5 Å². The van der Waals surface area contributed by atoms with E-state index in [1.165, 1.54) is 5.01 Å². The number of ether oxygens (including phenoxy) is 4. The summed E-state index contributed by atoms with van der Waals surface area (Å²) in [7, 11) is 0. The number of Topliss-reactive ketones (excluding diaryl/α,β-unsaturated/α-hetero) is 2. The molecule has 13 nitrogen and oxygen atoms in total. The molecule has 304 valence electrons. The Morgan fingerprint density at radius 1 is 1.02 bits per heavy atom. The van der Waals surface area contributed by atoms with Crippen LogP contribution in [0.25, 0.3) is 11.3 Å². The molecule has 0 saturated carbocycles. The number of amides is 1. The largest absolute Gasteiger partial charge is 0.458 e. The molecule has 0 spiro atoms. The second kappa shape index (κ2) is 17.6. The number of ketones is 2. The van der Waals surface area contributed by atoms with Crippen LogP contribution in [0.4, 0.5) is 4.79 Å². The molecule has 0 aliphatic carbocycles. The van der Waals surface area contributed by atoms with Gasteiger partial charge in [0, 0.05) is 60.4 Å². The van der Waals surface area contributed by atoms with E-state index in [1.807, 2.05) is 64.4 Å². The number of pyridine rings is 1. The van der Waals surface area contributed by atoms with Gasteiger partial charge < -0.3 is 23.5 Å². The summed E-state index contributed by atoms with van der Waals surface area (Å²) < 4.78 is 27.1. The van der Waals surface area contributed by atoms with Crippen molar-refractivity contribution in [3.8, 4) is 11.3 Å². The standard InChI is InChI=1S/C42H63N5O8/c1-12-33-37-34(47(41(51)54-37)45-17-15-25(4)46-21-32(44-22-46)31-14-13-16-43-20-31)28(7)35(48)24(3)19-42(10,11)38(29(8)36(49)30(9)39(50)53-33)55-40-27(6)23(2)18-26(5)52-40/h13-14,16,20-30,33-34,37-38,40,45H,12,15,17-19H2,1-11H3/t23-,24+,25?,26+,27+,28+,29-,30+,33+,34+,37?,38+,40?/m0/s1. The van der Waals surface area contributed by atoms with E-state index in [0.717, 1.165) is 17.7 Å². The lowest BCUT2D eigenvalue weighted by atomic mass is 9.70. The summed E-state index contributed by atoms with van der Waals surface area (Å²) in [6.07, 6.45) is 5.81. The number of aromatic nitrogens is 3. The van der Waals surface area contributed by atoms with Crippen molar-refractivity contribution in [1.82, 2.24) is 25.0 Å². The Bertz CT molecular complexity index is 1650. The second-order valence-electron chi connectivity index (χ2n) is 17.2. The molecule has 0 aromatic carbocycles. The number of imidazole rings is 1. The van der Waals surface area contributed by atoms with Crippen LogP contribution >= 0.6 is 0 Å². The number of carbonyl (C=O) groups is 4. The quantitative estimate of drug-likeness (QED) is 0.212. The molecule has 3 aliphatic heterocycles. The Morgan fingerprint density at radius 2 is 1.75 bits per heavy atom. The number of cyclic esters (lactones) is 1. The van der Waals surface area contributed by atoms with Crippen molar-refractivity contribution in [3.63, 3.8) is 0 Å². The third-order valence-corrected chi connectivity index (χ3v) is 12.4. The minimum absolute atomic E-state index is 0.00900. The molecular formula is C42H63N5O8. The number of nitrogens with one attached hydrogen (secondary N) is 1. The number of hydrogen-bond acceptors (Lipinski definition) is 11. The normalized spacial score (nSPS) is 35.4. The highest BCUT2D eigenvalue weighted by atomic mass is 16.7. The Labute approximate surface area is 326 Å². The predicted molar refractivity (Wildman–Crippen MR) is 206 cm³/mol. The zero-order chi connectivity index (χ0) is 40.4. The average molecular weight is 766 g/mol. The van der Waals surface area contributed by atoms with Gasteiger partial charge in [0.2, 0.25) is 0 Å². The molecule has 3 saturated heterocycles. The van der Waals surface area contributed by atoms with Crippen molar-refractivity contribution in [1.29, 1.82) is 0 Å². The van der Waals surface area contributed by atoms with E-state index in [2.05, 4.69) is 36.2 Å². The van der Waals surface area contributed by atoms with Crippen LogP contribution < -0.4 is 5.43 Å². The lowest BCUT2D eigenvalue weighted by Crippen LogP contribution is -2.55. The first kappa shape index (κ1) is 42.5. The molecule has 1 N–H and O–H groups in total. The Hall–Kier alpha value is -3.68. The predicted octanol–water partition coefficient (Wildman–Crippen LogP) is 6.82. The maximum Gasteiger partial charge on any atom is 0.425 e. The van der Waals surface area contributed by atoms with Crippen molar-refractivity contribution < 1.29 is 38.1 Å². The molecular weight excluding hydrogens is 702 g/mol. The van der Waals surface area contributed by atoms with Crippen molar-refractivity contribution in [2.45, 2.75) is 145 Å². The third kappa shape index (κ3) is 9.31. The summed E-state index contributed by atoms with van der Waals surface area (Å²) in [5.74, 6) is -3.58. The van der Waals surface area contributed by atoms with Crippen LogP contribution in [0.3, 0.4) is 0 Å². The molecule has 5 heterocycles. The number of hydrogen-bond donors (Lipinski definition) is 1. The summed E-state index contributed by atoms with van der Waals surface area (Å²) in [6.45, 7) is 21.7. The number of carbonyl (C=O) groups excluding carboxylic acids is 4. The number of esters is 1. The van der Waals surface area contributed by atoms with Crippen molar-refractivity contribution >= 4 is 23.6 Å². The molecule has 3 unspecified atom stereocenters. The van der Waals surface area contributed by atoms with Gasteiger partial charge in [0.1, 0.15) is 23.8 Å². The molecule has 5 rings (SSSR count). The fourth-order valence-corrected chi connectivity index (χ4v) is 8.88. The molecule has 13 heteroatoms. The van der Waals surface area contributed by atoms with Gasteiger partial charge in [0.05, 0.1) is 24.2 Å². The van der Waals surface area contributed by atoms with E-state index >= 15 is 0 Å². The first-order chi connectivity index (χ1) is 25.9. The summed E-state index contributed by atoms with van der Waals surface area (Å²) in [4.78, 5) is 64.8. The van der Waals surface area contributed by atoms with E-state index in [1.54, 1.807) is 32.6 Å².